The number of rotatable bonds is 8. The zero-order valence-electron chi connectivity index (χ0n) is 12.2. The molecule has 112 valence electrons. The van der Waals surface area contributed by atoms with Gasteiger partial charge in [-0.1, -0.05) is 31.5 Å². The van der Waals surface area contributed by atoms with Crippen LogP contribution < -0.4 is 5.32 Å². The van der Waals surface area contributed by atoms with Crippen LogP contribution in [0.2, 0.25) is 0 Å². The summed E-state index contributed by atoms with van der Waals surface area (Å²) in [4.78, 5) is 19.3. The maximum absolute atomic E-state index is 10.6. The van der Waals surface area contributed by atoms with E-state index in [-0.39, 0.29) is 6.42 Å². The summed E-state index contributed by atoms with van der Waals surface area (Å²) in [5, 5.41) is 13.0. The summed E-state index contributed by atoms with van der Waals surface area (Å²) in [7, 11) is 0. The Hall–Kier alpha value is -2.17. The number of para-hydroxylation sites is 1. The molecule has 0 aliphatic carbocycles. The van der Waals surface area contributed by atoms with Gasteiger partial charge in [0.15, 0.2) is 0 Å². The van der Waals surface area contributed by atoms with Crippen LogP contribution in [0.25, 0.3) is 10.9 Å². The van der Waals surface area contributed by atoms with Crippen molar-refractivity contribution in [2.75, 3.05) is 11.9 Å². The minimum atomic E-state index is -0.723. The summed E-state index contributed by atoms with van der Waals surface area (Å²) in [6, 6.07) is 7.87. The number of anilines is 1. The van der Waals surface area contributed by atoms with Gasteiger partial charge in [0.1, 0.15) is 0 Å². The second-order valence-corrected chi connectivity index (χ2v) is 5.17. The summed E-state index contributed by atoms with van der Waals surface area (Å²) in [6.45, 7) is 2.86. The Morgan fingerprint density at radius 2 is 2.14 bits per heavy atom. The van der Waals surface area contributed by atoms with E-state index in [2.05, 4.69) is 22.2 Å². The molecule has 1 atom stereocenters. The summed E-state index contributed by atoms with van der Waals surface area (Å²) in [5.74, 6) is 0.329. The van der Waals surface area contributed by atoms with Gasteiger partial charge in [-0.25, -0.2) is 9.97 Å². The largest absolute Gasteiger partial charge is 0.481 e. The van der Waals surface area contributed by atoms with Gasteiger partial charge < -0.3 is 10.4 Å². The molecule has 0 amide bonds. The smallest absolute Gasteiger partial charge is 0.303 e. The van der Waals surface area contributed by atoms with Crippen LogP contribution >= 0.6 is 0 Å². The molecule has 1 aromatic heterocycles. The normalized spacial score (nSPS) is 12.2. The van der Waals surface area contributed by atoms with Crippen molar-refractivity contribution < 1.29 is 9.90 Å². The molecule has 0 radical (unpaired) electrons. The van der Waals surface area contributed by atoms with Gasteiger partial charge in [0.25, 0.3) is 0 Å². The third kappa shape index (κ3) is 4.70. The number of nitrogens with zero attached hydrogens (tertiary/aromatic N) is 2. The molecule has 0 saturated heterocycles. The van der Waals surface area contributed by atoms with Gasteiger partial charge in [0.2, 0.25) is 5.95 Å². The van der Waals surface area contributed by atoms with Crippen LogP contribution in [0.15, 0.2) is 30.5 Å². The standard InChI is InChI=1S/C16H21N3O2/c1-2-12(7-8-15(20)21)9-10-17-16-18-11-13-5-3-4-6-14(13)19-16/h3-6,11-12H,2,7-10H2,1H3,(H,20,21)(H,17,18,19). The third-order valence-electron chi connectivity index (χ3n) is 3.67. The summed E-state index contributed by atoms with van der Waals surface area (Å²) >= 11 is 0. The Morgan fingerprint density at radius 1 is 1.33 bits per heavy atom. The Morgan fingerprint density at radius 3 is 2.90 bits per heavy atom. The lowest BCUT2D eigenvalue weighted by Gasteiger charge is -2.14. The highest BCUT2D eigenvalue weighted by atomic mass is 16.4. The number of benzene rings is 1. The van der Waals surface area contributed by atoms with Gasteiger partial charge >= 0.3 is 5.97 Å². The van der Waals surface area contributed by atoms with E-state index in [1.165, 1.54) is 0 Å². The maximum atomic E-state index is 10.6. The number of hydrogen-bond acceptors (Lipinski definition) is 4. The number of nitrogens with one attached hydrogen (secondary N) is 1. The highest BCUT2D eigenvalue weighted by Crippen LogP contribution is 2.16. The highest BCUT2D eigenvalue weighted by Gasteiger charge is 2.09. The summed E-state index contributed by atoms with van der Waals surface area (Å²) < 4.78 is 0. The zero-order chi connectivity index (χ0) is 15.1. The molecule has 2 rings (SSSR count). The first-order valence-corrected chi connectivity index (χ1v) is 7.36. The van der Waals surface area contributed by atoms with Crippen molar-refractivity contribution >= 4 is 22.8 Å². The Balaban J connectivity index is 1.84. The van der Waals surface area contributed by atoms with E-state index in [4.69, 9.17) is 5.11 Å². The van der Waals surface area contributed by atoms with Gasteiger partial charge in [-0.15, -0.1) is 0 Å². The fourth-order valence-electron chi connectivity index (χ4n) is 2.33. The monoisotopic (exact) mass is 287 g/mol. The Kier molecular flexibility index (Phi) is 5.49. The van der Waals surface area contributed by atoms with Gasteiger partial charge in [0.05, 0.1) is 5.52 Å². The molecule has 0 saturated carbocycles. The zero-order valence-corrected chi connectivity index (χ0v) is 12.2. The fraction of sp³-hybridized carbons (Fsp3) is 0.438. The molecule has 2 aromatic rings. The minimum absolute atomic E-state index is 0.241. The van der Waals surface area contributed by atoms with Gasteiger partial charge in [0, 0.05) is 24.5 Å². The minimum Gasteiger partial charge on any atom is -0.481 e. The Bertz CT molecular complexity index is 601. The molecule has 5 nitrogen and oxygen atoms in total. The third-order valence-corrected chi connectivity index (χ3v) is 3.67. The molecular weight excluding hydrogens is 266 g/mol. The van der Waals surface area contributed by atoms with Crippen molar-refractivity contribution in [3.63, 3.8) is 0 Å². The molecule has 0 bridgehead atoms. The quantitative estimate of drug-likeness (QED) is 0.779. The summed E-state index contributed by atoms with van der Waals surface area (Å²) in [5.41, 5.74) is 0.924. The molecule has 1 heterocycles. The molecule has 0 aliphatic heterocycles. The van der Waals surface area contributed by atoms with Crippen LogP contribution in [0.4, 0.5) is 5.95 Å². The van der Waals surface area contributed by atoms with Crippen molar-refractivity contribution in [2.24, 2.45) is 5.92 Å². The summed E-state index contributed by atoms with van der Waals surface area (Å²) in [6.07, 6.45) is 4.71. The molecule has 0 spiro atoms. The van der Waals surface area contributed by atoms with E-state index in [0.717, 1.165) is 36.7 Å². The van der Waals surface area contributed by atoms with Gasteiger partial charge in [-0.3, -0.25) is 4.79 Å². The predicted octanol–water partition coefficient (Wildman–Crippen LogP) is 3.32. The predicted molar refractivity (Wildman–Crippen MR) is 83.3 cm³/mol. The number of fused-ring (bicyclic) bond motifs is 1. The number of aromatic nitrogens is 2. The van der Waals surface area contributed by atoms with Crippen molar-refractivity contribution in [3.8, 4) is 0 Å². The first-order valence-electron chi connectivity index (χ1n) is 7.36. The van der Waals surface area contributed by atoms with Crippen molar-refractivity contribution in [1.82, 2.24) is 9.97 Å². The lowest BCUT2D eigenvalue weighted by molar-refractivity contribution is -0.137. The van der Waals surface area contributed by atoms with Gasteiger partial charge in [-0.05, 0) is 24.8 Å². The van der Waals surface area contributed by atoms with Crippen LogP contribution in [0.3, 0.4) is 0 Å². The van der Waals surface area contributed by atoms with Crippen LogP contribution in [0, 0.1) is 5.92 Å². The topological polar surface area (TPSA) is 75.1 Å². The van der Waals surface area contributed by atoms with Crippen LogP contribution in [-0.4, -0.2) is 27.6 Å². The molecule has 0 aliphatic rings. The van der Waals surface area contributed by atoms with E-state index in [0.29, 0.717) is 11.9 Å². The second-order valence-electron chi connectivity index (χ2n) is 5.17. The van der Waals surface area contributed by atoms with Gasteiger partial charge in [-0.2, -0.15) is 0 Å². The number of carbonyl (C=O) groups is 1. The molecule has 0 fully saturated rings. The molecule has 2 N–H and O–H groups in total. The average Bonchev–Trinajstić information content (AvgIpc) is 2.50. The maximum Gasteiger partial charge on any atom is 0.303 e. The van der Waals surface area contributed by atoms with E-state index in [9.17, 15) is 4.79 Å². The SMILES string of the molecule is CCC(CCNc1ncc2ccccc2n1)CCC(=O)O. The molecule has 1 unspecified atom stereocenters. The van der Waals surface area contributed by atoms with E-state index >= 15 is 0 Å². The number of carboxylic acids is 1. The average molecular weight is 287 g/mol. The number of aliphatic carboxylic acids is 1. The lowest BCUT2D eigenvalue weighted by Crippen LogP contribution is -2.11. The van der Waals surface area contributed by atoms with Crippen molar-refractivity contribution in [2.45, 2.75) is 32.6 Å². The van der Waals surface area contributed by atoms with Crippen molar-refractivity contribution in [1.29, 1.82) is 0 Å². The van der Waals surface area contributed by atoms with Crippen LogP contribution in [0.1, 0.15) is 32.6 Å². The highest BCUT2D eigenvalue weighted by molar-refractivity contribution is 5.78. The molecule has 1 aromatic carbocycles. The van der Waals surface area contributed by atoms with E-state index < -0.39 is 5.97 Å². The first kappa shape index (κ1) is 15.2. The lowest BCUT2D eigenvalue weighted by atomic mass is 9.97. The van der Waals surface area contributed by atoms with E-state index in [1.807, 2.05) is 30.5 Å². The number of hydrogen-bond donors (Lipinski definition) is 2. The Labute approximate surface area is 124 Å². The second kappa shape index (κ2) is 7.57. The first-order chi connectivity index (χ1) is 10.2. The molecule has 5 heteroatoms. The van der Waals surface area contributed by atoms with Crippen LogP contribution in [0.5, 0.6) is 0 Å². The number of carboxylic acid groups (broad SMARTS) is 1. The van der Waals surface area contributed by atoms with E-state index in [1.54, 1.807) is 0 Å². The van der Waals surface area contributed by atoms with Crippen molar-refractivity contribution in [3.05, 3.63) is 30.5 Å². The molecule has 21 heavy (non-hydrogen) atoms. The fourth-order valence-corrected chi connectivity index (χ4v) is 2.33. The van der Waals surface area contributed by atoms with Crippen LogP contribution in [-0.2, 0) is 4.79 Å². The molecular formula is C16H21N3O2.